The van der Waals surface area contributed by atoms with Crippen LogP contribution in [0.25, 0.3) is 11.3 Å². The minimum absolute atomic E-state index is 0.250. The van der Waals surface area contributed by atoms with Gasteiger partial charge in [0.1, 0.15) is 17.3 Å². The lowest BCUT2D eigenvalue weighted by atomic mass is 10.2. The number of nitrogens with zero attached hydrogens (tertiary/aromatic N) is 2. The summed E-state index contributed by atoms with van der Waals surface area (Å²) in [5.41, 5.74) is 0.368. The molecule has 0 spiro atoms. The van der Waals surface area contributed by atoms with Gasteiger partial charge >= 0.3 is 5.69 Å². The smallest absolute Gasteiger partial charge is 0.349 e. The van der Waals surface area contributed by atoms with Crippen LogP contribution in [0.3, 0.4) is 0 Å². The number of furan rings is 1. The van der Waals surface area contributed by atoms with Crippen molar-refractivity contribution in [2.45, 2.75) is 0 Å². The van der Waals surface area contributed by atoms with Gasteiger partial charge in [-0.2, -0.15) is 9.78 Å². The van der Waals surface area contributed by atoms with Crippen molar-refractivity contribution in [2.24, 2.45) is 5.10 Å². The van der Waals surface area contributed by atoms with Crippen LogP contribution in [0.5, 0.6) is 11.6 Å². The van der Waals surface area contributed by atoms with E-state index >= 15 is 0 Å². The molecule has 0 amide bonds. The van der Waals surface area contributed by atoms with Gasteiger partial charge in [0, 0.05) is 5.56 Å². The second-order valence-corrected chi connectivity index (χ2v) is 4.46. The molecule has 2 heterocycles. The Balaban J connectivity index is 1.81. The number of H-pyrrole nitrogens is 1. The third kappa shape index (κ3) is 2.78. The van der Waals surface area contributed by atoms with Crippen LogP contribution in [0.1, 0.15) is 5.76 Å². The van der Waals surface area contributed by atoms with E-state index in [0.29, 0.717) is 11.5 Å². The lowest BCUT2D eigenvalue weighted by Crippen LogP contribution is -2.11. The Kier molecular flexibility index (Phi) is 3.53. The third-order valence-corrected chi connectivity index (χ3v) is 3.00. The van der Waals surface area contributed by atoms with E-state index in [9.17, 15) is 4.79 Å². The molecule has 0 unspecified atom stereocenters. The van der Waals surface area contributed by atoms with E-state index in [-0.39, 0.29) is 5.88 Å². The molecule has 0 aliphatic heterocycles. The minimum Gasteiger partial charge on any atom is -0.497 e. The van der Waals surface area contributed by atoms with Gasteiger partial charge in [-0.15, -0.1) is 0 Å². The molecule has 2 N–H and O–H groups in total. The number of aromatic nitrogens is 2. The molecule has 7 heteroatoms. The maximum Gasteiger partial charge on any atom is 0.349 e. The molecule has 112 valence electrons. The number of imidazole rings is 1. The highest BCUT2D eigenvalue weighted by Crippen LogP contribution is 2.23. The van der Waals surface area contributed by atoms with Crippen molar-refractivity contribution in [3.63, 3.8) is 0 Å². The molecule has 22 heavy (non-hydrogen) atoms. The average molecular weight is 299 g/mol. The van der Waals surface area contributed by atoms with Crippen LogP contribution in [-0.2, 0) is 0 Å². The maximum atomic E-state index is 11.3. The number of nitrogens with one attached hydrogen (secondary N) is 1. The quantitative estimate of drug-likeness (QED) is 0.721. The van der Waals surface area contributed by atoms with E-state index in [4.69, 9.17) is 14.3 Å². The first kappa shape index (κ1) is 13.7. The summed E-state index contributed by atoms with van der Waals surface area (Å²) >= 11 is 0. The van der Waals surface area contributed by atoms with Gasteiger partial charge in [0.05, 0.1) is 19.5 Å². The fourth-order valence-corrected chi connectivity index (χ4v) is 1.91. The maximum absolute atomic E-state index is 11.3. The number of hydrogen-bond donors (Lipinski definition) is 2. The van der Waals surface area contributed by atoms with Crippen molar-refractivity contribution < 1.29 is 14.3 Å². The highest BCUT2D eigenvalue weighted by Gasteiger charge is 2.04. The number of aromatic amines is 1. The SMILES string of the molecule is COc1ccc(-c2ccc(C=Nn3cc(O)[nH]c3=O)o2)cc1. The lowest BCUT2D eigenvalue weighted by Gasteiger charge is -2.00. The molecule has 0 saturated carbocycles. The molecule has 0 saturated heterocycles. The van der Waals surface area contributed by atoms with E-state index in [0.717, 1.165) is 16.0 Å². The van der Waals surface area contributed by atoms with E-state index in [1.807, 2.05) is 24.3 Å². The Bertz CT molecular complexity index is 856. The molecule has 0 radical (unpaired) electrons. The molecule has 1 aromatic carbocycles. The normalized spacial score (nSPS) is 11.1. The number of rotatable bonds is 4. The van der Waals surface area contributed by atoms with Gasteiger partial charge in [0.25, 0.3) is 0 Å². The number of ether oxygens (including phenoxy) is 1. The summed E-state index contributed by atoms with van der Waals surface area (Å²) in [4.78, 5) is 13.5. The van der Waals surface area contributed by atoms with E-state index < -0.39 is 5.69 Å². The Morgan fingerprint density at radius 1 is 1.27 bits per heavy atom. The van der Waals surface area contributed by atoms with Gasteiger partial charge in [-0.1, -0.05) is 0 Å². The highest BCUT2D eigenvalue weighted by atomic mass is 16.5. The van der Waals surface area contributed by atoms with Gasteiger partial charge in [-0.3, -0.25) is 4.98 Å². The second kappa shape index (κ2) is 5.65. The molecular weight excluding hydrogens is 286 g/mol. The van der Waals surface area contributed by atoms with E-state index in [1.54, 1.807) is 19.2 Å². The monoisotopic (exact) mass is 299 g/mol. The first-order valence-corrected chi connectivity index (χ1v) is 6.45. The molecule has 0 bridgehead atoms. The lowest BCUT2D eigenvalue weighted by molar-refractivity contribution is 0.415. The van der Waals surface area contributed by atoms with Crippen molar-refractivity contribution in [3.05, 3.63) is 58.8 Å². The average Bonchev–Trinajstić information content (AvgIpc) is 3.12. The largest absolute Gasteiger partial charge is 0.497 e. The summed E-state index contributed by atoms with van der Waals surface area (Å²) < 4.78 is 11.7. The first-order valence-electron chi connectivity index (χ1n) is 6.45. The molecule has 0 aliphatic carbocycles. The predicted molar refractivity (Wildman–Crippen MR) is 80.4 cm³/mol. The third-order valence-electron chi connectivity index (χ3n) is 3.00. The van der Waals surface area contributed by atoms with Crippen LogP contribution in [0.15, 0.2) is 56.9 Å². The summed E-state index contributed by atoms with van der Waals surface area (Å²) in [6, 6.07) is 11.0. The molecule has 3 aromatic rings. The highest BCUT2D eigenvalue weighted by molar-refractivity contribution is 5.77. The number of aromatic hydroxyl groups is 1. The van der Waals surface area contributed by atoms with Crippen molar-refractivity contribution in [3.8, 4) is 23.0 Å². The number of hydrogen-bond acceptors (Lipinski definition) is 5. The number of methoxy groups -OCH3 is 1. The van der Waals surface area contributed by atoms with Gasteiger partial charge in [-0.25, -0.2) is 4.79 Å². The van der Waals surface area contributed by atoms with Crippen LogP contribution in [-0.4, -0.2) is 28.1 Å². The van der Waals surface area contributed by atoms with Crippen LogP contribution >= 0.6 is 0 Å². The van der Waals surface area contributed by atoms with Crippen LogP contribution in [0.4, 0.5) is 0 Å². The zero-order valence-corrected chi connectivity index (χ0v) is 11.7. The molecule has 7 nitrogen and oxygen atoms in total. The molecule has 0 atom stereocenters. The van der Waals surface area contributed by atoms with Crippen molar-refractivity contribution in [2.75, 3.05) is 7.11 Å². The molecule has 0 fully saturated rings. The Morgan fingerprint density at radius 2 is 2.05 bits per heavy atom. The molecule has 0 aliphatic rings. The van der Waals surface area contributed by atoms with Gasteiger partial charge in [-0.05, 0) is 36.4 Å². The fraction of sp³-hybridized carbons (Fsp3) is 0.0667. The molecule has 2 aromatic heterocycles. The zero-order chi connectivity index (χ0) is 15.5. The second-order valence-electron chi connectivity index (χ2n) is 4.46. The van der Waals surface area contributed by atoms with Gasteiger partial charge in [0.15, 0.2) is 0 Å². The Morgan fingerprint density at radius 3 is 2.68 bits per heavy atom. The van der Waals surface area contributed by atoms with Crippen LogP contribution < -0.4 is 10.4 Å². The zero-order valence-electron chi connectivity index (χ0n) is 11.7. The summed E-state index contributed by atoms with van der Waals surface area (Å²) in [6.45, 7) is 0. The summed E-state index contributed by atoms with van der Waals surface area (Å²) in [5, 5.41) is 13.0. The van der Waals surface area contributed by atoms with Crippen molar-refractivity contribution in [1.29, 1.82) is 0 Å². The first-order chi connectivity index (χ1) is 10.7. The van der Waals surface area contributed by atoms with Crippen molar-refractivity contribution >= 4 is 6.21 Å². The summed E-state index contributed by atoms with van der Waals surface area (Å²) in [6.07, 6.45) is 2.56. The number of benzene rings is 1. The standard InChI is InChI=1S/C15H13N3O4/c1-21-11-4-2-10(3-5-11)13-7-6-12(22-13)8-16-18-9-14(19)17-15(18)20/h2-9,19H,1H3,(H,17,20). The Hall–Kier alpha value is -3.22. The van der Waals surface area contributed by atoms with E-state index in [2.05, 4.69) is 10.1 Å². The summed E-state index contributed by atoms with van der Waals surface area (Å²) in [5.74, 6) is 1.68. The van der Waals surface area contributed by atoms with Gasteiger partial charge < -0.3 is 14.3 Å². The Labute approximate surface area is 125 Å². The predicted octanol–water partition coefficient (Wildman–Crippen LogP) is 2.03. The molecular formula is C15H13N3O4. The van der Waals surface area contributed by atoms with Gasteiger partial charge in [0.2, 0.25) is 5.88 Å². The summed E-state index contributed by atoms with van der Waals surface area (Å²) in [7, 11) is 1.61. The topological polar surface area (TPSA) is 92.8 Å². The van der Waals surface area contributed by atoms with Crippen molar-refractivity contribution in [1.82, 2.24) is 9.66 Å². The minimum atomic E-state index is -0.532. The van der Waals surface area contributed by atoms with Crippen LogP contribution in [0.2, 0.25) is 0 Å². The van der Waals surface area contributed by atoms with E-state index in [1.165, 1.54) is 12.4 Å². The van der Waals surface area contributed by atoms with Crippen LogP contribution in [0, 0.1) is 0 Å². The molecule has 3 rings (SSSR count). The fourth-order valence-electron chi connectivity index (χ4n) is 1.91.